The third kappa shape index (κ3) is 2.57. The molecule has 3 aromatic rings. The molecule has 0 saturated carbocycles. The molecule has 134 valence electrons. The summed E-state index contributed by atoms with van der Waals surface area (Å²) in [4.78, 5) is 0. The van der Waals surface area contributed by atoms with Crippen molar-refractivity contribution in [3.05, 3.63) is 119 Å². The van der Waals surface area contributed by atoms with E-state index in [1.165, 1.54) is 11.1 Å². The van der Waals surface area contributed by atoms with Gasteiger partial charge < -0.3 is 0 Å². The van der Waals surface area contributed by atoms with E-state index >= 15 is 0 Å². The summed E-state index contributed by atoms with van der Waals surface area (Å²) < 4.78 is 14.8. The predicted molar refractivity (Wildman–Crippen MR) is 112 cm³/mol. The van der Waals surface area contributed by atoms with Gasteiger partial charge in [-0.05, 0) is 52.0 Å². The van der Waals surface area contributed by atoms with Gasteiger partial charge in [-0.25, -0.2) is 4.39 Å². The molecule has 0 heterocycles. The van der Waals surface area contributed by atoms with Crippen LogP contribution in [0, 0.1) is 5.82 Å². The molecular weight excluding hydrogens is 331 g/mol. The smallest absolute Gasteiger partial charge is 0.127 e. The largest absolute Gasteiger partial charge is 0.207 e. The van der Waals surface area contributed by atoms with Gasteiger partial charge in [0.2, 0.25) is 0 Å². The van der Waals surface area contributed by atoms with Crippen LogP contribution in [-0.4, -0.2) is 0 Å². The molecule has 27 heavy (non-hydrogen) atoms. The summed E-state index contributed by atoms with van der Waals surface area (Å²) in [5.41, 5.74) is 7.84. The summed E-state index contributed by atoms with van der Waals surface area (Å²) in [6, 6.07) is 22.0. The Hall–Kier alpha value is -2.93. The van der Waals surface area contributed by atoms with E-state index in [1.807, 2.05) is 12.1 Å². The lowest BCUT2D eigenvalue weighted by atomic mass is 9.65. The Kier molecular flexibility index (Phi) is 4.11. The molecule has 0 unspecified atom stereocenters. The molecule has 0 saturated heterocycles. The summed E-state index contributed by atoms with van der Waals surface area (Å²) >= 11 is 0. The molecule has 0 bridgehead atoms. The second-order valence-corrected chi connectivity index (χ2v) is 7.56. The van der Waals surface area contributed by atoms with Crippen molar-refractivity contribution >= 4 is 11.1 Å². The molecule has 0 atom stereocenters. The molecule has 1 heteroatoms. The predicted octanol–water partition coefficient (Wildman–Crippen LogP) is 6.98. The zero-order valence-electron chi connectivity index (χ0n) is 16.0. The van der Waals surface area contributed by atoms with Crippen LogP contribution in [0.2, 0.25) is 0 Å². The first kappa shape index (κ1) is 17.5. The van der Waals surface area contributed by atoms with Gasteiger partial charge in [0.1, 0.15) is 5.82 Å². The van der Waals surface area contributed by atoms with E-state index in [0.717, 1.165) is 33.4 Å². The number of hydrogen-bond donors (Lipinski definition) is 0. The number of rotatable bonds is 2. The highest BCUT2D eigenvalue weighted by Crippen LogP contribution is 2.49. The standard InChI is InChI=1S/C26H23F/c1-5-19(18-11-7-6-8-12-18)21-14-9-15-22-24(21)17(2)20-13-10-16-23(27)25(20)26(22,3)4/h5-16H,2H2,1,3-4H3/b19-5-. The Labute approximate surface area is 160 Å². The third-order valence-electron chi connectivity index (χ3n) is 5.67. The fourth-order valence-electron chi connectivity index (χ4n) is 4.40. The minimum absolute atomic E-state index is 0.163. The SMILES string of the molecule is C=C1c2cccc(F)c2C(C)(C)c2cccc(/C(=C\C)c3ccccc3)c21. The maximum atomic E-state index is 14.8. The first-order chi connectivity index (χ1) is 13.0. The Morgan fingerprint density at radius 3 is 2.33 bits per heavy atom. The Bertz CT molecular complexity index is 1070. The lowest BCUT2D eigenvalue weighted by Gasteiger charge is -2.37. The Morgan fingerprint density at radius 1 is 0.926 bits per heavy atom. The number of halogens is 1. The van der Waals surface area contributed by atoms with Crippen LogP contribution in [0.3, 0.4) is 0 Å². The molecule has 0 nitrogen and oxygen atoms in total. The molecule has 0 aromatic heterocycles. The maximum absolute atomic E-state index is 14.8. The van der Waals surface area contributed by atoms with Crippen molar-refractivity contribution in [2.75, 3.05) is 0 Å². The van der Waals surface area contributed by atoms with Crippen molar-refractivity contribution in [3.8, 4) is 0 Å². The minimum atomic E-state index is -0.428. The monoisotopic (exact) mass is 354 g/mol. The first-order valence-corrected chi connectivity index (χ1v) is 9.31. The van der Waals surface area contributed by atoms with Crippen molar-refractivity contribution in [1.29, 1.82) is 0 Å². The second-order valence-electron chi connectivity index (χ2n) is 7.56. The number of benzene rings is 3. The second kappa shape index (κ2) is 6.35. The van der Waals surface area contributed by atoms with E-state index in [0.29, 0.717) is 0 Å². The molecule has 1 aliphatic rings. The molecule has 1 aliphatic carbocycles. The maximum Gasteiger partial charge on any atom is 0.127 e. The highest BCUT2D eigenvalue weighted by Gasteiger charge is 2.37. The van der Waals surface area contributed by atoms with E-state index < -0.39 is 5.41 Å². The van der Waals surface area contributed by atoms with Crippen LogP contribution in [0.5, 0.6) is 0 Å². The summed E-state index contributed by atoms with van der Waals surface area (Å²) in [5, 5.41) is 0. The first-order valence-electron chi connectivity index (χ1n) is 9.31. The van der Waals surface area contributed by atoms with E-state index in [2.05, 4.69) is 75.9 Å². The summed E-state index contributed by atoms with van der Waals surface area (Å²) in [6.45, 7) is 10.6. The van der Waals surface area contributed by atoms with Gasteiger partial charge in [0.15, 0.2) is 0 Å². The van der Waals surface area contributed by atoms with Crippen molar-refractivity contribution in [1.82, 2.24) is 0 Å². The van der Waals surface area contributed by atoms with Gasteiger partial charge in [-0.15, -0.1) is 0 Å². The fourth-order valence-corrected chi connectivity index (χ4v) is 4.40. The van der Waals surface area contributed by atoms with E-state index in [1.54, 1.807) is 12.1 Å². The zero-order chi connectivity index (χ0) is 19.2. The highest BCUT2D eigenvalue weighted by atomic mass is 19.1. The fraction of sp³-hybridized carbons (Fsp3) is 0.154. The molecule has 3 aromatic carbocycles. The molecular formula is C26H23F. The summed E-state index contributed by atoms with van der Waals surface area (Å²) in [6.07, 6.45) is 2.15. The van der Waals surface area contributed by atoms with Crippen LogP contribution in [0.4, 0.5) is 4.39 Å². The van der Waals surface area contributed by atoms with E-state index in [9.17, 15) is 4.39 Å². The highest BCUT2D eigenvalue weighted by molar-refractivity contribution is 5.95. The average molecular weight is 354 g/mol. The molecule has 0 radical (unpaired) electrons. The van der Waals surface area contributed by atoms with Gasteiger partial charge in [-0.3, -0.25) is 0 Å². The summed E-state index contributed by atoms with van der Waals surface area (Å²) in [5.74, 6) is -0.163. The minimum Gasteiger partial charge on any atom is -0.207 e. The Morgan fingerprint density at radius 2 is 1.63 bits per heavy atom. The lowest BCUT2D eigenvalue weighted by Crippen LogP contribution is -2.28. The van der Waals surface area contributed by atoms with Gasteiger partial charge in [-0.1, -0.05) is 87.2 Å². The Balaban J connectivity index is 2.02. The van der Waals surface area contributed by atoms with Gasteiger partial charge in [-0.2, -0.15) is 0 Å². The van der Waals surface area contributed by atoms with E-state index in [4.69, 9.17) is 0 Å². The van der Waals surface area contributed by atoms with Crippen LogP contribution in [0.15, 0.2) is 79.4 Å². The quantitative estimate of drug-likeness (QED) is 0.466. The average Bonchev–Trinajstić information content (AvgIpc) is 2.67. The van der Waals surface area contributed by atoms with Gasteiger partial charge in [0.05, 0.1) is 0 Å². The van der Waals surface area contributed by atoms with Crippen LogP contribution in [0.25, 0.3) is 11.1 Å². The molecule has 0 amide bonds. The van der Waals surface area contributed by atoms with Crippen LogP contribution in [-0.2, 0) is 5.41 Å². The summed E-state index contributed by atoms with van der Waals surface area (Å²) in [7, 11) is 0. The number of fused-ring (bicyclic) bond motifs is 2. The van der Waals surface area contributed by atoms with Gasteiger partial charge in [0, 0.05) is 11.0 Å². The van der Waals surface area contributed by atoms with Gasteiger partial charge >= 0.3 is 0 Å². The van der Waals surface area contributed by atoms with Crippen molar-refractivity contribution < 1.29 is 4.39 Å². The topological polar surface area (TPSA) is 0 Å². The molecule has 4 rings (SSSR count). The van der Waals surface area contributed by atoms with Crippen LogP contribution < -0.4 is 0 Å². The van der Waals surface area contributed by atoms with Gasteiger partial charge in [0.25, 0.3) is 0 Å². The van der Waals surface area contributed by atoms with Crippen molar-refractivity contribution in [2.45, 2.75) is 26.2 Å². The van der Waals surface area contributed by atoms with Crippen LogP contribution in [0.1, 0.15) is 54.2 Å². The normalized spacial score (nSPS) is 15.3. The molecule has 0 aliphatic heterocycles. The molecule has 0 fully saturated rings. The molecule has 0 N–H and O–H groups in total. The van der Waals surface area contributed by atoms with E-state index in [-0.39, 0.29) is 5.82 Å². The number of allylic oxidation sites excluding steroid dienone is 1. The van der Waals surface area contributed by atoms with Crippen molar-refractivity contribution in [3.63, 3.8) is 0 Å². The molecule has 0 spiro atoms. The lowest BCUT2D eigenvalue weighted by molar-refractivity contribution is 0.542. The zero-order valence-corrected chi connectivity index (χ0v) is 16.0. The number of hydrogen-bond acceptors (Lipinski definition) is 0. The third-order valence-corrected chi connectivity index (χ3v) is 5.67. The van der Waals surface area contributed by atoms with Crippen molar-refractivity contribution in [2.24, 2.45) is 0 Å². The van der Waals surface area contributed by atoms with Crippen LogP contribution >= 0.6 is 0 Å².